The molecule has 0 saturated carbocycles. The number of likely N-dealkylation sites (N-methyl/N-ethyl adjacent to an activating group) is 1. The number of aryl methyl sites for hydroxylation is 1. The number of benzene rings is 1. The SMILES string of the molecule is Cc1cc(NC2CCCN(C)C2)ccc1N. The van der Waals surface area contributed by atoms with Crippen LogP contribution in [0.4, 0.5) is 11.4 Å². The third-order valence-corrected chi connectivity index (χ3v) is 3.27. The zero-order chi connectivity index (χ0) is 11.5. The minimum atomic E-state index is 0.571. The molecule has 1 aromatic carbocycles. The fourth-order valence-electron chi connectivity index (χ4n) is 2.29. The van der Waals surface area contributed by atoms with Crippen molar-refractivity contribution in [3.8, 4) is 0 Å². The number of nitrogens with one attached hydrogen (secondary N) is 1. The van der Waals surface area contributed by atoms with Crippen molar-refractivity contribution in [2.24, 2.45) is 0 Å². The number of nitrogens with two attached hydrogens (primary N) is 1. The Morgan fingerprint density at radius 2 is 2.25 bits per heavy atom. The second-order valence-electron chi connectivity index (χ2n) is 4.82. The van der Waals surface area contributed by atoms with Gasteiger partial charge in [0.05, 0.1) is 0 Å². The Labute approximate surface area is 97.6 Å². The van der Waals surface area contributed by atoms with Crippen molar-refractivity contribution in [1.82, 2.24) is 4.90 Å². The molecule has 88 valence electrons. The molecule has 1 aliphatic heterocycles. The Hall–Kier alpha value is -1.22. The molecule has 1 unspecified atom stereocenters. The largest absolute Gasteiger partial charge is 0.399 e. The lowest BCUT2D eigenvalue weighted by Crippen LogP contribution is -2.39. The lowest BCUT2D eigenvalue weighted by molar-refractivity contribution is 0.261. The topological polar surface area (TPSA) is 41.3 Å². The Morgan fingerprint density at radius 3 is 2.94 bits per heavy atom. The molecule has 1 aromatic rings. The van der Waals surface area contributed by atoms with Gasteiger partial charge in [-0.15, -0.1) is 0 Å². The normalized spacial score (nSPS) is 22.0. The molecule has 1 fully saturated rings. The van der Waals surface area contributed by atoms with Gasteiger partial charge in [0.15, 0.2) is 0 Å². The number of likely N-dealkylation sites (tertiary alicyclic amines) is 1. The van der Waals surface area contributed by atoms with Gasteiger partial charge in [-0.05, 0) is 57.1 Å². The molecule has 16 heavy (non-hydrogen) atoms. The smallest absolute Gasteiger partial charge is 0.0388 e. The van der Waals surface area contributed by atoms with E-state index in [2.05, 4.69) is 29.4 Å². The third kappa shape index (κ3) is 2.67. The monoisotopic (exact) mass is 219 g/mol. The zero-order valence-corrected chi connectivity index (χ0v) is 10.2. The quantitative estimate of drug-likeness (QED) is 0.748. The summed E-state index contributed by atoms with van der Waals surface area (Å²) in [7, 11) is 2.18. The first kappa shape index (κ1) is 11.3. The summed E-state index contributed by atoms with van der Waals surface area (Å²) < 4.78 is 0. The van der Waals surface area contributed by atoms with E-state index in [-0.39, 0.29) is 0 Å². The summed E-state index contributed by atoms with van der Waals surface area (Å²) in [4.78, 5) is 2.38. The molecule has 0 aromatic heterocycles. The van der Waals surface area contributed by atoms with Crippen LogP contribution in [0.5, 0.6) is 0 Å². The lowest BCUT2D eigenvalue weighted by atomic mass is 10.1. The predicted molar refractivity (Wildman–Crippen MR) is 69.7 cm³/mol. The van der Waals surface area contributed by atoms with Crippen LogP contribution < -0.4 is 11.1 Å². The van der Waals surface area contributed by atoms with Crippen molar-refractivity contribution in [2.75, 3.05) is 31.2 Å². The van der Waals surface area contributed by atoms with Crippen LogP contribution in [0, 0.1) is 6.92 Å². The summed E-state index contributed by atoms with van der Waals surface area (Å²) in [5, 5.41) is 3.58. The van der Waals surface area contributed by atoms with Crippen molar-refractivity contribution in [2.45, 2.75) is 25.8 Å². The molecule has 1 atom stereocenters. The fourth-order valence-corrected chi connectivity index (χ4v) is 2.29. The number of rotatable bonds is 2. The average Bonchev–Trinajstić information content (AvgIpc) is 2.24. The standard InChI is InChI=1S/C13H21N3/c1-10-8-11(5-6-13(10)14)15-12-4-3-7-16(2)9-12/h5-6,8,12,15H,3-4,7,9,14H2,1-2H3. The number of nitrogen functional groups attached to an aromatic ring is 1. The fraction of sp³-hybridized carbons (Fsp3) is 0.538. The molecule has 1 aliphatic rings. The molecule has 3 N–H and O–H groups in total. The maximum absolute atomic E-state index is 5.81. The molecule has 3 nitrogen and oxygen atoms in total. The van der Waals surface area contributed by atoms with Crippen LogP contribution in [0.1, 0.15) is 18.4 Å². The summed E-state index contributed by atoms with van der Waals surface area (Å²) in [6.45, 7) is 4.40. The maximum Gasteiger partial charge on any atom is 0.0388 e. The summed E-state index contributed by atoms with van der Waals surface area (Å²) >= 11 is 0. The van der Waals surface area contributed by atoms with E-state index < -0.39 is 0 Å². The molecule has 3 heteroatoms. The Morgan fingerprint density at radius 1 is 1.44 bits per heavy atom. The highest BCUT2D eigenvalue weighted by atomic mass is 15.1. The number of piperidine rings is 1. The van der Waals surface area contributed by atoms with Gasteiger partial charge in [-0.25, -0.2) is 0 Å². The van der Waals surface area contributed by atoms with Gasteiger partial charge < -0.3 is 16.0 Å². The minimum absolute atomic E-state index is 0.571. The van der Waals surface area contributed by atoms with E-state index in [1.165, 1.54) is 25.1 Å². The molecule has 0 aliphatic carbocycles. The van der Waals surface area contributed by atoms with Gasteiger partial charge in [0.25, 0.3) is 0 Å². The molecule has 0 spiro atoms. The van der Waals surface area contributed by atoms with Crippen LogP contribution in [-0.2, 0) is 0 Å². The van der Waals surface area contributed by atoms with E-state index in [4.69, 9.17) is 5.73 Å². The van der Waals surface area contributed by atoms with Crippen LogP contribution in [0.3, 0.4) is 0 Å². The van der Waals surface area contributed by atoms with Gasteiger partial charge in [-0.1, -0.05) is 0 Å². The highest BCUT2D eigenvalue weighted by molar-refractivity contribution is 5.57. The molecule has 0 amide bonds. The van der Waals surface area contributed by atoms with Gasteiger partial charge in [0.2, 0.25) is 0 Å². The molecule has 0 bridgehead atoms. The first-order chi connectivity index (χ1) is 7.65. The van der Waals surface area contributed by atoms with E-state index in [1.807, 2.05) is 13.0 Å². The van der Waals surface area contributed by atoms with Crippen LogP contribution in [-0.4, -0.2) is 31.1 Å². The average molecular weight is 219 g/mol. The van der Waals surface area contributed by atoms with Gasteiger partial charge in [-0.2, -0.15) is 0 Å². The Kier molecular flexibility index (Phi) is 3.34. The van der Waals surface area contributed by atoms with Crippen molar-refractivity contribution in [1.29, 1.82) is 0 Å². The van der Waals surface area contributed by atoms with Crippen LogP contribution >= 0.6 is 0 Å². The highest BCUT2D eigenvalue weighted by Crippen LogP contribution is 2.19. The van der Waals surface area contributed by atoms with Crippen molar-refractivity contribution in [3.05, 3.63) is 23.8 Å². The summed E-state index contributed by atoms with van der Waals surface area (Å²) in [5.74, 6) is 0. The van der Waals surface area contributed by atoms with Crippen LogP contribution in [0.25, 0.3) is 0 Å². The Balaban J connectivity index is 2.00. The Bertz CT molecular complexity index is 362. The number of anilines is 2. The minimum Gasteiger partial charge on any atom is -0.399 e. The highest BCUT2D eigenvalue weighted by Gasteiger charge is 2.16. The number of hydrogen-bond donors (Lipinski definition) is 2. The molecule has 2 rings (SSSR count). The van der Waals surface area contributed by atoms with Crippen LogP contribution in [0.15, 0.2) is 18.2 Å². The van der Waals surface area contributed by atoms with Crippen molar-refractivity contribution in [3.63, 3.8) is 0 Å². The van der Waals surface area contributed by atoms with E-state index >= 15 is 0 Å². The first-order valence-corrected chi connectivity index (χ1v) is 5.96. The zero-order valence-electron chi connectivity index (χ0n) is 10.2. The molecular weight excluding hydrogens is 198 g/mol. The predicted octanol–water partition coefficient (Wildman–Crippen LogP) is 2.08. The molecule has 1 heterocycles. The van der Waals surface area contributed by atoms with E-state index in [1.54, 1.807) is 0 Å². The third-order valence-electron chi connectivity index (χ3n) is 3.27. The van der Waals surface area contributed by atoms with Gasteiger partial charge in [0.1, 0.15) is 0 Å². The molecular formula is C13H21N3. The van der Waals surface area contributed by atoms with Crippen molar-refractivity contribution >= 4 is 11.4 Å². The maximum atomic E-state index is 5.81. The van der Waals surface area contributed by atoms with E-state index in [9.17, 15) is 0 Å². The number of nitrogens with zero attached hydrogens (tertiary/aromatic N) is 1. The van der Waals surface area contributed by atoms with Gasteiger partial charge >= 0.3 is 0 Å². The second-order valence-corrected chi connectivity index (χ2v) is 4.82. The first-order valence-electron chi connectivity index (χ1n) is 5.96. The van der Waals surface area contributed by atoms with Gasteiger partial charge in [0, 0.05) is 24.0 Å². The summed E-state index contributed by atoms with van der Waals surface area (Å²) in [5.41, 5.74) is 9.01. The van der Waals surface area contributed by atoms with Crippen molar-refractivity contribution < 1.29 is 0 Å². The van der Waals surface area contributed by atoms with Crippen LogP contribution in [0.2, 0.25) is 0 Å². The molecule has 0 radical (unpaired) electrons. The van der Waals surface area contributed by atoms with E-state index in [0.717, 1.165) is 17.8 Å². The molecule has 1 saturated heterocycles. The lowest BCUT2D eigenvalue weighted by Gasteiger charge is -2.31. The van der Waals surface area contributed by atoms with E-state index in [0.29, 0.717) is 6.04 Å². The van der Waals surface area contributed by atoms with Gasteiger partial charge in [-0.3, -0.25) is 0 Å². The summed E-state index contributed by atoms with van der Waals surface area (Å²) in [6.07, 6.45) is 2.54. The summed E-state index contributed by atoms with van der Waals surface area (Å²) in [6, 6.07) is 6.74. The second kappa shape index (κ2) is 4.74. The number of hydrogen-bond acceptors (Lipinski definition) is 3.